The molecule has 6 nitrogen and oxygen atoms in total. The minimum Gasteiger partial charge on any atom is -0.496 e. The lowest BCUT2D eigenvalue weighted by molar-refractivity contribution is 0.103. The molecule has 0 unspecified atom stereocenters. The topological polar surface area (TPSA) is 75.7 Å². The van der Waals surface area contributed by atoms with Crippen molar-refractivity contribution in [1.82, 2.24) is 0 Å². The number of amides is 1. The standard InChI is InChI=1S/C24H20Cl2N2O4S2/c1-14-10-18(6-8-21(14)32-3)34(30,31)28(2)17-5-9-22-15(11-17)12-23(33-22)24(29)27-16-4-7-19(25)20(26)13-16/h4-13H,1-3H3,(H,27,29). The summed E-state index contributed by atoms with van der Waals surface area (Å²) in [5.41, 5.74) is 1.73. The molecule has 0 atom stereocenters. The van der Waals surface area contributed by atoms with Crippen LogP contribution in [0.3, 0.4) is 0 Å². The number of methoxy groups -OCH3 is 1. The van der Waals surface area contributed by atoms with Gasteiger partial charge >= 0.3 is 0 Å². The highest BCUT2D eigenvalue weighted by Gasteiger charge is 2.23. The third kappa shape index (κ3) is 4.72. The normalized spacial score (nSPS) is 11.4. The monoisotopic (exact) mass is 534 g/mol. The van der Waals surface area contributed by atoms with Crippen molar-refractivity contribution in [2.45, 2.75) is 11.8 Å². The SMILES string of the molecule is COc1ccc(S(=O)(=O)N(C)c2ccc3sc(C(=O)Nc4ccc(Cl)c(Cl)c4)cc3c2)cc1C. The van der Waals surface area contributed by atoms with E-state index in [2.05, 4.69) is 5.32 Å². The highest BCUT2D eigenvalue weighted by molar-refractivity contribution is 7.92. The van der Waals surface area contributed by atoms with E-state index >= 15 is 0 Å². The molecule has 0 aliphatic rings. The molecule has 0 saturated carbocycles. The number of hydrogen-bond acceptors (Lipinski definition) is 5. The first-order valence-corrected chi connectivity index (χ1v) is 13.0. The molecule has 0 radical (unpaired) electrons. The molecule has 0 bridgehead atoms. The number of benzene rings is 3. The molecule has 1 amide bonds. The summed E-state index contributed by atoms with van der Waals surface area (Å²) >= 11 is 13.3. The van der Waals surface area contributed by atoms with Crippen LogP contribution in [0.2, 0.25) is 10.0 Å². The molecule has 0 aliphatic carbocycles. The molecule has 1 N–H and O–H groups in total. The van der Waals surface area contributed by atoms with Gasteiger partial charge in [-0.15, -0.1) is 11.3 Å². The molecule has 3 aromatic carbocycles. The number of rotatable bonds is 6. The lowest BCUT2D eigenvalue weighted by atomic mass is 10.2. The summed E-state index contributed by atoms with van der Waals surface area (Å²) in [4.78, 5) is 13.4. The number of carbonyl (C=O) groups excluding carboxylic acids is 1. The van der Waals surface area contributed by atoms with Crippen LogP contribution in [0.15, 0.2) is 65.6 Å². The maximum atomic E-state index is 13.2. The minimum atomic E-state index is -3.79. The van der Waals surface area contributed by atoms with E-state index in [1.54, 1.807) is 61.5 Å². The van der Waals surface area contributed by atoms with Crippen LogP contribution in [-0.4, -0.2) is 28.5 Å². The van der Waals surface area contributed by atoms with E-state index in [4.69, 9.17) is 27.9 Å². The molecule has 0 aliphatic heterocycles. The van der Waals surface area contributed by atoms with Crippen molar-refractivity contribution >= 4 is 71.9 Å². The largest absolute Gasteiger partial charge is 0.496 e. The molecule has 0 fully saturated rings. The average Bonchev–Trinajstić information content (AvgIpc) is 3.24. The number of sulfonamides is 1. The smallest absolute Gasteiger partial charge is 0.265 e. The van der Waals surface area contributed by atoms with Crippen molar-refractivity contribution in [2.24, 2.45) is 0 Å². The van der Waals surface area contributed by atoms with Gasteiger partial charge in [-0.25, -0.2) is 8.42 Å². The van der Waals surface area contributed by atoms with Crippen LogP contribution in [0.5, 0.6) is 5.75 Å². The number of aryl methyl sites for hydroxylation is 1. The van der Waals surface area contributed by atoms with Gasteiger partial charge in [-0.1, -0.05) is 23.2 Å². The van der Waals surface area contributed by atoms with Gasteiger partial charge in [-0.05, 0) is 78.5 Å². The van der Waals surface area contributed by atoms with E-state index in [1.807, 2.05) is 0 Å². The van der Waals surface area contributed by atoms with Gasteiger partial charge in [0.25, 0.3) is 15.9 Å². The van der Waals surface area contributed by atoms with Gasteiger partial charge in [0.15, 0.2) is 0 Å². The first-order chi connectivity index (χ1) is 16.1. The Bertz CT molecular complexity index is 1520. The summed E-state index contributed by atoms with van der Waals surface area (Å²) < 4.78 is 33.7. The van der Waals surface area contributed by atoms with Crippen molar-refractivity contribution in [3.8, 4) is 5.75 Å². The van der Waals surface area contributed by atoms with Gasteiger partial charge in [0.2, 0.25) is 0 Å². The summed E-state index contributed by atoms with van der Waals surface area (Å²) in [5.74, 6) is 0.323. The molecule has 1 heterocycles. The van der Waals surface area contributed by atoms with Crippen molar-refractivity contribution in [1.29, 1.82) is 0 Å². The fraction of sp³-hybridized carbons (Fsp3) is 0.125. The first kappa shape index (κ1) is 24.3. The molecule has 0 saturated heterocycles. The van der Waals surface area contributed by atoms with Gasteiger partial charge in [0.05, 0.1) is 32.6 Å². The zero-order valence-electron chi connectivity index (χ0n) is 18.4. The maximum Gasteiger partial charge on any atom is 0.265 e. The van der Waals surface area contributed by atoms with Gasteiger partial charge < -0.3 is 10.1 Å². The van der Waals surface area contributed by atoms with E-state index in [9.17, 15) is 13.2 Å². The number of nitrogens with zero attached hydrogens (tertiary/aromatic N) is 1. The van der Waals surface area contributed by atoms with Crippen LogP contribution in [0, 0.1) is 6.92 Å². The number of ether oxygens (including phenoxy) is 1. The van der Waals surface area contributed by atoms with E-state index in [1.165, 1.54) is 35.9 Å². The molecule has 4 aromatic rings. The fourth-order valence-corrected chi connectivity index (χ4v) is 5.92. The van der Waals surface area contributed by atoms with E-state index in [0.717, 1.165) is 15.6 Å². The van der Waals surface area contributed by atoms with Crippen LogP contribution < -0.4 is 14.4 Å². The summed E-state index contributed by atoms with van der Waals surface area (Å²) in [7, 11) is -0.748. The minimum absolute atomic E-state index is 0.167. The molecule has 34 heavy (non-hydrogen) atoms. The highest BCUT2D eigenvalue weighted by atomic mass is 35.5. The summed E-state index contributed by atoms with van der Waals surface area (Å²) in [6.07, 6.45) is 0. The Labute approximate surface area is 211 Å². The third-order valence-electron chi connectivity index (χ3n) is 5.29. The average molecular weight is 535 g/mol. The molecular formula is C24H20Cl2N2O4S2. The van der Waals surface area contributed by atoms with Crippen LogP contribution >= 0.6 is 34.5 Å². The van der Waals surface area contributed by atoms with Gasteiger partial charge in [-0.3, -0.25) is 9.10 Å². The van der Waals surface area contributed by atoms with Gasteiger partial charge in [0.1, 0.15) is 5.75 Å². The molecule has 176 valence electrons. The number of carbonyl (C=O) groups is 1. The number of thiophene rings is 1. The molecule has 0 spiro atoms. The lowest BCUT2D eigenvalue weighted by Crippen LogP contribution is -2.26. The maximum absolute atomic E-state index is 13.2. The first-order valence-electron chi connectivity index (χ1n) is 10.0. The van der Waals surface area contributed by atoms with Gasteiger partial charge in [0, 0.05) is 17.4 Å². The summed E-state index contributed by atoms with van der Waals surface area (Å²) in [5, 5.41) is 4.30. The summed E-state index contributed by atoms with van der Waals surface area (Å²) in [6.45, 7) is 1.79. The van der Waals surface area contributed by atoms with Crippen molar-refractivity contribution in [3.05, 3.63) is 81.1 Å². The van der Waals surface area contributed by atoms with Crippen molar-refractivity contribution in [3.63, 3.8) is 0 Å². The number of fused-ring (bicyclic) bond motifs is 1. The predicted molar refractivity (Wildman–Crippen MR) is 140 cm³/mol. The van der Waals surface area contributed by atoms with Gasteiger partial charge in [-0.2, -0.15) is 0 Å². The van der Waals surface area contributed by atoms with E-state index in [0.29, 0.717) is 32.0 Å². The van der Waals surface area contributed by atoms with Crippen LogP contribution in [-0.2, 0) is 10.0 Å². The second kappa shape index (κ2) is 9.46. The van der Waals surface area contributed by atoms with Crippen LogP contribution in [0.25, 0.3) is 10.1 Å². The Balaban J connectivity index is 1.60. The Hall–Kier alpha value is -2.78. The Morgan fingerprint density at radius 3 is 2.44 bits per heavy atom. The molecule has 1 aromatic heterocycles. The number of halogens is 2. The number of hydrogen-bond donors (Lipinski definition) is 1. The molecular weight excluding hydrogens is 515 g/mol. The predicted octanol–water partition coefficient (Wildman–Crippen LogP) is 6.60. The van der Waals surface area contributed by atoms with Crippen molar-refractivity contribution in [2.75, 3.05) is 23.8 Å². The fourth-order valence-electron chi connectivity index (χ4n) is 3.41. The Morgan fingerprint density at radius 1 is 1.00 bits per heavy atom. The molecule has 10 heteroatoms. The second-order valence-corrected chi connectivity index (χ2v) is 11.4. The number of nitrogens with one attached hydrogen (secondary N) is 1. The zero-order valence-corrected chi connectivity index (χ0v) is 21.6. The Morgan fingerprint density at radius 2 is 1.76 bits per heavy atom. The van der Waals surface area contributed by atoms with E-state index < -0.39 is 10.0 Å². The quantitative estimate of drug-likeness (QED) is 0.302. The van der Waals surface area contributed by atoms with Crippen LogP contribution in [0.1, 0.15) is 15.2 Å². The third-order valence-corrected chi connectivity index (χ3v) is 8.92. The lowest BCUT2D eigenvalue weighted by Gasteiger charge is -2.20. The Kier molecular flexibility index (Phi) is 6.78. The highest BCUT2D eigenvalue weighted by Crippen LogP contribution is 2.33. The van der Waals surface area contributed by atoms with Crippen molar-refractivity contribution < 1.29 is 17.9 Å². The number of anilines is 2. The van der Waals surface area contributed by atoms with Crippen LogP contribution in [0.4, 0.5) is 11.4 Å². The zero-order chi connectivity index (χ0) is 24.6. The summed E-state index contributed by atoms with van der Waals surface area (Å²) in [6, 6.07) is 16.6. The van der Waals surface area contributed by atoms with E-state index in [-0.39, 0.29) is 10.8 Å². The molecule has 4 rings (SSSR count). The second-order valence-electron chi connectivity index (χ2n) is 7.52.